The lowest BCUT2D eigenvalue weighted by Crippen LogP contribution is -2.56. The number of hydrogen-bond donors (Lipinski definition) is 4. The molecule has 0 spiro atoms. The first-order valence-electron chi connectivity index (χ1n) is 21.4. The molecule has 6 aromatic rings. The zero-order valence-corrected chi connectivity index (χ0v) is 36.1. The van der Waals surface area contributed by atoms with E-state index in [-0.39, 0.29) is 38.1 Å². The van der Waals surface area contributed by atoms with Crippen molar-refractivity contribution >= 4 is 50.6 Å². The summed E-state index contributed by atoms with van der Waals surface area (Å²) in [5, 5.41) is 12.1. The third-order valence-corrected chi connectivity index (χ3v) is 12.4. The number of nitrogens with one attached hydrogen (secondary N) is 3. The van der Waals surface area contributed by atoms with Gasteiger partial charge in [0, 0.05) is 47.6 Å². The van der Waals surface area contributed by atoms with Gasteiger partial charge in [-0.15, -0.1) is 0 Å². The Morgan fingerprint density at radius 2 is 1.31 bits per heavy atom. The first-order chi connectivity index (χ1) is 30.9. The number of alkyl halides is 2. The molecule has 3 amide bonds. The summed E-state index contributed by atoms with van der Waals surface area (Å²) >= 11 is 0. The van der Waals surface area contributed by atoms with Gasteiger partial charge in [-0.05, 0) is 115 Å². The molecule has 2 aliphatic rings. The lowest BCUT2D eigenvalue weighted by atomic mass is 9.95. The number of benzene rings is 6. The number of fused-ring (bicyclic) bond motifs is 2. The highest BCUT2D eigenvalue weighted by molar-refractivity contribution is 6.09. The van der Waals surface area contributed by atoms with Gasteiger partial charge < -0.3 is 36.1 Å². The lowest BCUT2D eigenvalue weighted by Gasteiger charge is -2.39. The van der Waals surface area contributed by atoms with Crippen molar-refractivity contribution < 1.29 is 32.6 Å². The quantitative estimate of drug-likeness (QED) is 0.0717. The van der Waals surface area contributed by atoms with Crippen LogP contribution in [-0.4, -0.2) is 105 Å². The van der Waals surface area contributed by atoms with Crippen LogP contribution < -0.4 is 31.2 Å². The van der Waals surface area contributed by atoms with Gasteiger partial charge in [0.15, 0.2) is 0 Å². The lowest BCUT2D eigenvalue weighted by molar-refractivity contribution is -0.111. The van der Waals surface area contributed by atoms with Crippen molar-refractivity contribution in [1.82, 2.24) is 20.4 Å². The molecule has 5 N–H and O–H groups in total. The van der Waals surface area contributed by atoms with Gasteiger partial charge in [-0.2, -0.15) is 0 Å². The predicted octanol–water partition coefficient (Wildman–Crippen LogP) is 8.03. The average Bonchev–Trinajstić information content (AvgIpc) is 3.30. The van der Waals surface area contributed by atoms with E-state index in [0.717, 1.165) is 38.4 Å². The fourth-order valence-corrected chi connectivity index (χ4v) is 8.69. The number of nitrogens with two attached hydrogens (primary N) is 1. The summed E-state index contributed by atoms with van der Waals surface area (Å²) in [6, 6.07) is 31.8. The molecule has 2 heterocycles. The third kappa shape index (κ3) is 9.41. The standard InChI is InChI=1S/C51H52F2N6O5/c1-5-47(60)57-49-40-25-35(33-9-7-10-36(23-33)50(61)55-43-20-21-58(2)27-41(43)52)15-13-31(40)17-19-46(49)64-29-38-26-44(42(53)28-59(38)3)56-51(62)37-11-6-8-32(22-37)34-14-12-30-16-18-45(63-4)48(54)39(30)24-34/h5-19,22-25,38,41-44H,1,20-21,26-29,54H2,2-4H3,(H,55,61)(H,56,62)(H,57,60)/t38?,41-,42-,43+,44+/m0/s1. The number of methoxy groups -OCH3 is 1. The second-order valence-electron chi connectivity index (χ2n) is 16.7. The summed E-state index contributed by atoms with van der Waals surface area (Å²) in [6.07, 6.45) is -0.506. The molecule has 2 aliphatic heterocycles. The number of nitrogen functional groups attached to an aromatic ring is 1. The van der Waals surface area contributed by atoms with Gasteiger partial charge in [-0.25, -0.2) is 8.78 Å². The number of halogens is 2. The molecule has 0 bridgehead atoms. The molecule has 8 rings (SSSR count). The molecular weight excluding hydrogens is 815 g/mol. The van der Waals surface area contributed by atoms with Crippen LogP contribution in [0, 0.1) is 0 Å². The van der Waals surface area contributed by atoms with Crippen LogP contribution in [0.5, 0.6) is 11.5 Å². The third-order valence-electron chi connectivity index (χ3n) is 12.4. The Labute approximate surface area is 371 Å². The number of hydrogen-bond acceptors (Lipinski definition) is 8. The van der Waals surface area contributed by atoms with Crippen molar-refractivity contribution in [3.63, 3.8) is 0 Å². The van der Waals surface area contributed by atoms with Gasteiger partial charge in [-0.3, -0.25) is 19.3 Å². The highest BCUT2D eigenvalue weighted by Crippen LogP contribution is 2.38. The number of carbonyl (C=O) groups excluding carboxylic acids is 3. The number of ether oxygens (including phenoxy) is 2. The van der Waals surface area contributed by atoms with Crippen molar-refractivity contribution in [2.75, 3.05) is 58.5 Å². The minimum absolute atomic E-state index is 0.0750. The summed E-state index contributed by atoms with van der Waals surface area (Å²) < 4.78 is 42.3. The zero-order chi connectivity index (χ0) is 45.1. The molecule has 11 nitrogen and oxygen atoms in total. The number of likely N-dealkylation sites (tertiary alicyclic amines) is 2. The Kier molecular flexibility index (Phi) is 12.9. The van der Waals surface area contributed by atoms with Gasteiger partial charge in [-0.1, -0.05) is 67.2 Å². The molecule has 6 aromatic carbocycles. The van der Waals surface area contributed by atoms with E-state index >= 15 is 4.39 Å². The largest absolute Gasteiger partial charge is 0.495 e. The fraction of sp³-hybridized carbons (Fsp3) is 0.275. The van der Waals surface area contributed by atoms with E-state index in [1.165, 1.54) is 6.08 Å². The number of anilines is 2. The van der Waals surface area contributed by atoms with Crippen LogP contribution in [0.1, 0.15) is 33.6 Å². The monoisotopic (exact) mass is 866 g/mol. The van der Waals surface area contributed by atoms with Crippen molar-refractivity contribution in [2.45, 2.75) is 43.3 Å². The van der Waals surface area contributed by atoms with Crippen molar-refractivity contribution in [1.29, 1.82) is 0 Å². The number of rotatable bonds is 12. The topological polar surface area (TPSA) is 138 Å². The number of likely N-dealkylation sites (N-methyl/N-ethyl adjacent to an activating group) is 1. The molecule has 0 aromatic heterocycles. The van der Waals surface area contributed by atoms with Gasteiger partial charge in [0.2, 0.25) is 5.91 Å². The SMILES string of the molecule is C=CC(=O)Nc1c(OCC2C[C@@H](NC(=O)c3cccc(-c4ccc5ccc(OC)c(N)c5c4)c3)[C@@H](F)CN2C)ccc2ccc(-c3cccc(C(=O)N[C@@H]4CCN(C)C[C@@H]4F)c3)cc12. The molecular formula is C51H52F2N6O5. The Hall–Kier alpha value is -6.83. The molecule has 1 unspecified atom stereocenters. The summed E-state index contributed by atoms with van der Waals surface area (Å²) in [6.45, 7) is 4.82. The van der Waals surface area contributed by atoms with Crippen molar-refractivity contribution in [3.05, 3.63) is 133 Å². The van der Waals surface area contributed by atoms with E-state index in [2.05, 4.69) is 22.5 Å². The van der Waals surface area contributed by atoms with E-state index in [1.807, 2.05) is 90.6 Å². The smallest absolute Gasteiger partial charge is 0.251 e. The zero-order valence-electron chi connectivity index (χ0n) is 36.1. The first-order valence-corrected chi connectivity index (χ1v) is 21.4. The van der Waals surface area contributed by atoms with Crippen LogP contribution in [-0.2, 0) is 4.79 Å². The van der Waals surface area contributed by atoms with Crippen LogP contribution in [0.2, 0.25) is 0 Å². The minimum Gasteiger partial charge on any atom is -0.495 e. The molecule has 0 saturated carbocycles. The van der Waals surface area contributed by atoms with Crippen LogP contribution >= 0.6 is 0 Å². The van der Waals surface area contributed by atoms with Crippen LogP contribution in [0.4, 0.5) is 20.2 Å². The predicted molar refractivity (Wildman–Crippen MR) is 250 cm³/mol. The van der Waals surface area contributed by atoms with Crippen molar-refractivity contribution in [3.8, 4) is 33.8 Å². The van der Waals surface area contributed by atoms with Crippen LogP contribution in [0.25, 0.3) is 43.8 Å². The Morgan fingerprint density at radius 1 is 0.750 bits per heavy atom. The molecule has 64 heavy (non-hydrogen) atoms. The maximum Gasteiger partial charge on any atom is 0.251 e. The van der Waals surface area contributed by atoms with E-state index in [9.17, 15) is 18.8 Å². The summed E-state index contributed by atoms with van der Waals surface area (Å²) in [4.78, 5) is 43.6. The van der Waals surface area contributed by atoms with Crippen LogP contribution in [0.3, 0.4) is 0 Å². The van der Waals surface area contributed by atoms with Gasteiger partial charge >= 0.3 is 0 Å². The number of nitrogens with zero attached hydrogens (tertiary/aromatic N) is 2. The molecule has 5 atom stereocenters. The van der Waals surface area contributed by atoms with E-state index in [0.29, 0.717) is 52.4 Å². The maximum absolute atomic E-state index is 15.7. The Bertz CT molecular complexity index is 2750. The molecule has 2 saturated heterocycles. The molecule has 330 valence electrons. The first kappa shape index (κ1) is 43.8. The number of carbonyl (C=O) groups is 3. The van der Waals surface area contributed by atoms with Crippen LogP contribution in [0.15, 0.2) is 122 Å². The molecule has 13 heteroatoms. The normalized spacial score (nSPS) is 20.4. The minimum atomic E-state index is -1.33. The van der Waals surface area contributed by atoms with Gasteiger partial charge in [0.1, 0.15) is 30.4 Å². The highest BCUT2D eigenvalue weighted by atomic mass is 19.1. The molecule has 2 fully saturated rings. The summed E-state index contributed by atoms with van der Waals surface area (Å²) in [5.74, 6) is -0.195. The average molecular weight is 867 g/mol. The number of piperidine rings is 2. The fourth-order valence-electron chi connectivity index (χ4n) is 8.69. The summed E-state index contributed by atoms with van der Waals surface area (Å²) in [5.41, 5.74) is 11.4. The Balaban J connectivity index is 0.982. The van der Waals surface area contributed by atoms with E-state index in [4.69, 9.17) is 15.2 Å². The second-order valence-corrected chi connectivity index (χ2v) is 16.7. The second kappa shape index (κ2) is 18.9. The van der Waals surface area contributed by atoms with Gasteiger partial charge in [0.05, 0.1) is 30.6 Å². The summed E-state index contributed by atoms with van der Waals surface area (Å²) in [7, 11) is 5.25. The molecule has 0 aliphatic carbocycles. The maximum atomic E-state index is 15.7. The van der Waals surface area contributed by atoms with Gasteiger partial charge in [0.25, 0.3) is 11.8 Å². The number of amides is 3. The Morgan fingerprint density at radius 3 is 1.94 bits per heavy atom. The van der Waals surface area contributed by atoms with Crippen molar-refractivity contribution in [2.24, 2.45) is 0 Å². The van der Waals surface area contributed by atoms with E-state index < -0.39 is 36.2 Å². The highest BCUT2D eigenvalue weighted by Gasteiger charge is 2.36. The molecule has 0 radical (unpaired) electrons. The van der Waals surface area contributed by atoms with E-state index in [1.54, 1.807) is 49.6 Å².